The number of hydrogen-bond acceptors (Lipinski definition) is 7. The average molecular weight is 496 g/mol. The van der Waals surface area contributed by atoms with Crippen molar-refractivity contribution in [1.29, 1.82) is 0 Å². The van der Waals surface area contributed by atoms with Gasteiger partial charge in [0.25, 0.3) is 5.56 Å². The van der Waals surface area contributed by atoms with E-state index in [2.05, 4.69) is 20.3 Å². The molecule has 0 aliphatic rings. The zero-order chi connectivity index (χ0) is 24.1. The molecule has 0 saturated heterocycles. The number of halogens is 1. The van der Waals surface area contributed by atoms with Gasteiger partial charge in [-0.15, -0.1) is 0 Å². The Hall–Kier alpha value is -3.43. The van der Waals surface area contributed by atoms with Gasteiger partial charge in [-0.25, -0.2) is 15.0 Å². The summed E-state index contributed by atoms with van der Waals surface area (Å²) in [6.07, 6.45) is 3.46. The zero-order valence-electron chi connectivity index (χ0n) is 18.6. The molecule has 34 heavy (non-hydrogen) atoms. The molecule has 0 spiro atoms. The fourth-order valence-corrected chi connectivity index (χ4v) is 4.50. The Morgan fingerprint density at radius 1 is 1.15 bits per heavy atom. The van der Waals surface area contributed by atoms with Crippen molar-refractivity contribution in [2.24, 2.45) is 0 Å². The molecule has 4 aromatic rings. The number of aromatic nitrogens is 4. The van der Waals surface area contributed by atoms with Gasteiger partial charge < -0.3 is 10.1 Å². The summed E-state index contributed by atoms with van der Waals surface area (Å²) in [5.41, 5.74) is 1.46. The van der Waals surface area contributed by atoms with Crippen LogP contribution in [0.2, 0.25) is 5.02 Å². The van der Waals surface area contributed by atoms with Crippen molar-refractivity contribution < 1.29 is 9.53 Å². The van der Waals surface area contributed by atoms with Crippen molar-refractivity contribution in [2.75, 3.05) is 12.4 Å². The summed E-state index contributed by atoms with van der Waals surface area (Å²) in [4.78, 5) is 39.3. The molecule has 1 N–H and O–H groups in total. The number of nitrogens with zero attached hydrogens (tertiary/aromatic N) is 4. The van der Waals surface area contributed by atoms with E-state index in [1.54, 1.807) is 37.4 Å². The van der Waals surface area contributed by atoms with E-state index in [1.807, 2.05) is 25.1 Å². The van der Waals surface area contributed by atoms with Crippen LogP contribution in [0.4, 0.5) is 5.69 Å². The molecule has 0 unspecified atom stereocenters. The molecule has 174 valence electrons. The third kappa shape index (κ3) is 5.21. The van der Waals surface area contributed by atoms with E-state index in [9.17, 15) is 9.59 Å². The third-order valence-electron chi connectivity index (χ3n) is 5.11. The molecule has 2 aromatic carbocycles. The van der Waals surface area contributed by atoms with Crippen molar-refractivity contribution in [1.82, 2.24) is 19.5 Å². The molecule has 0 saturated carbocycles. The maximum atomic E-state index is 13.3. The van der Waals surface area contributed by atoms with Crippen LogP contribution in [0, 0.1) is 0 Å². The maximum absolute atomic E-state index is 13.3. The van der Waals surface area contributed by atoms with Gasteiger partial charge in [-0.3, -0.25) is 14.2 Å². The number of nitrogens with one attached hydrogen (secondary N) is 1. The van der Waals surface area contributed by atoms with Gasteiger partial charge in [-0.05, 0) is 42.3 Å². The Kier molecular flexibility index (Phi) is 7.44. The first-order chi connectivity index (χ1) is 16.5. The number of carbonyl (C=O) groups excluding carboxylic acids is 1. The van der Waals surface area contributed by atoms with Crippen LogP contribution in [-0.4, -0.2) is 37.8 Å². The van der Waals surface area contributed by atoms with E-state index in [1.165, 1.54) is 28.7 Å². The topological polar surface area (TPSA) is 99.0 Å². The zero-order valence-corrected chi connectivity index (χ0v) is 20.1. The first kappa shape index (κ1) is 23.7. The number of anilines is 1. The highest BCUT2D eigenvalue weighted by atomic mass is 35.5. The van der Waals surface area contributed by atoms with Gasteiger partial charge in [-0.1, -0.05) is 48.5 Å². The largest absolute Gasteiger partial charge is 0.497 e. The second-order valence-corrected chi connectivity index (χ2v) is 8.92. The normalized spacial score (nSPS) is 11.9. The van der Waals surface area contributed by atoms with Crippen molar-refractivity contribution in [3.05, 3.63) is 81.9 Å². The maximum Gasteiger partial charge on any atom is 0.282 e. The van der Waals surface area contributed by atoms with E-state index in [4.69, 9.17) is 16.3 Å². The van der Waals surface area contributed by atoms with Crippen LogP contribution in [0.25, 0.3) is 11.2 Å². The van der Waals surface area contributed by atoms with E-state index >= 15 is 0 Å². The Morgan fingerprint density at radius 3 is 2.59 bits per heavy atom. The molecule has 2 aromatic heterocycles. The lowest BCUT2D eigenvalue weighted by molar-refractivity contribution is -0.115. The van der Waals surface area contributed by atoms with Crippen molar-refractivity contribution in [3.63, 3.8) is 0 Å². The van der Waals surface area contributed by atoms with Gasteiger partial charge >= 0.3 is 0 Å². The Labute approximate surface area is 205 Å². The van der Waals surface area contributed by atoms with Gasteiger partial charge in [0.05, 0.1) is 18.9 Å². The lowest BCUT2D eigenvalue weighted by Crippen LogP contribution is -2.29. The van der Waals surface area contributed by atoms with Gasteiger partial charge in [0.1, 0.15) is 5.75 Å². The molecule has 0 radical (unpaired) electrons. The summed E-state index contributed by atoms with van der Waals surface area (Å²) in [5, 5.41) is 3.32. The standard InChI is InChI=1S/C24H22ClN5O3S/c1-3-19(22(31)28-16-8-10-17(33-2)11-9-16)34-24-29-21-20(26-12-13-27-21)23(32)30(24)14-15-6-4-5-7-18(15)25/h4-13,19H,3,14H2,1-2H3,(H,28,31)/t19-/m1/s1. The SMILES string of the molecule is CC[C@@H](Sc1nc2nccnc2c(=O)n1Cc1ccccc1Cl)C(=O)Nc1ccc(OC)cc1. The van der Waals surface area contributed by atoms with E-state index in [0.29, 0.717) is 28.0 Å². The fourth-order valence-electron chi connectivity index (χ4n) is 3.30. The second kappa shape index (κ2) is 10.7. The molecule has 1 amide bonds. The minimum Gasteiger partial charge on any atom is -0.497 e. The summed E-state index contributed by atoms with van der Waals surface area (Å²) in [7, 11) is 1.58. The van der Waals surface area contributed by atoms with Crippen LogP contribution in [0.1, 0.15) is 18.9 Å². The molecule has 2 heterocycles. The molecule has 1 atom stereocenters. The van der Waals surface area contributed by atoms with Crippen LogP contribution in [-0.2, 0) is 11.3 Å². The summed E-state index contributed by atoms with van der Waals surface area (Å²) in [5.74, 6) is 0.500. The molecular weight excluding hydrogens is 474 g/mol. The lowest BCUT2D eigenvalue weighted by atomic mass is 10.2. The molecular formula is C24H22ClN5O3S. The van der Waals surface area contributed by atoms with Gasteiger partial charge in [0.15, 0.2) is 16.3 Å². The van der Waals surface area contributed by atoms with Crippen molar-refractivity contribution in [2.45, 2.75) is 30.3 Å². The minimum atomic E-state index is -0.499. The predicted molar refractivity (Wildman–Crippen MR) is 134 cm³/mol. The van der Waals surface area contributed by atoms with Gasteiger partial charge in [0.2, 0.25) is 5.91 Å². The quantitative estimate of drug-likeness (QED) is 0.285. The van der Waals surface area contributed by atoms with Crippen LogP contribution >= 0.6 is 23.4 Å². The highest BCUT2D eigenvalue weighted by Gasteiger charge is 2.23. The number of carbonyl (C=O) groups is 1. The number of rotatable bonds is 8. The lowest BCUT2D eigenvalue weighted by Gasteiger charge is -2.18. The molecule has 8 nitrogen and oxygen atoms in total. The first-order valence-electron chi connectivity index (χ1n) is 10.6. The van der Waals surface area contributed by atoms with Crippen LogP contribution in [0.3, 0.4) is 0 Å². The van der Waals surface area contributed by atoms with Crippen LogP contribution in [0.5, 0.6) is 5.75 Å². The number of amides is 1. The third-order valence-corrected chi connectivity index (χ3v) is 6.84. The summed E-state index contributed by atoms with van der Waals surface area (Å²) >= 11 is 7.56. The predicted octanol–water partition coefficient (Wildman–Crippen LogP) is 4.41. The first-order valence-corrected chi connectivity index (χ1v) is 11.8. The summed E-state index contributed by atoms with van der Waals surface area (Å²) < 4.78 is 6.65. The van der Waals surface area contributed by atoms with Gasteiger partial charge in [-0.2, -0.15) is 0 Å². The average Bonchev–Trinajstić information content (AvgIpc) is 2.86. The molecule has 0 aliphatic heterocycles. The van der Waals surface area contributed by atoms with Crippen molar-refractivity contribution in [3.8, 4) is 5.75 Å². The fraction of sp³-hybridized carbons (Fsp3) is 0.208. The number of thioether (sulfide) groups is 1. The Bertz CT molecular complexity index is 1380. The number of methoxy groups -OCH3 is 1. The number of ether oxygens (including phenoxy) is 1. The summed E-state index contributed by atoms with van der Waals surface area (Å²) in [6.45, 7) is 2.10. The van der Waals surface area contributed by atoms with E-state index < -0.39 is 5.25 Å². The summed E-state index contributed by atoms with van der Waals surface area (Å²) in [6, 6.07) is 14.4. The van der Waals surface area contributed by atoms with E-state index in [0.717, 1.165) is 5.56 Å². The monoisotopic (exact) mass is 495 g/mol. The molecule has 0 bridgehead atoms. The Morgan fingerprint density at radius 2 is 1.88 bits per heavy atom. The van der Waals surface area contributed by atoms with Crippen molar-refractivity contribution >= 4 is 46.1 Å². The van der Waals surface area contributed by atoms with Crippen LogP contribution < -0.4 is 15.6 Å². The van der Waals surface area contributed by atoms with Crippen LogP contribution in [0.15, 0.2) is 70.9 Å². The highest BCUT2D eigenvalue weighted by Crippen LogP contribution is 2.27. The highest BCUT2D eigenvalue weighted by molar-refractivity contribution is 8.00. The molecule has 0 aliphatic carbocycles. The number of fused-ring (bicyclic) bond motifs is 1. The second-order valence-electron chi connectivity index (χ2n) is 7.34. The minimum absolute atomic E-state index is 0.162. The smallest absolute Gasteiger partial charge is 0.282 e. The molecule has 10 heteroatoms. The molecule has 0 fully saturated rings. The Balaban J connectivity index is 1.67. The number of benzene rings is 2. The number of hydrogen-bond donors (Lipinski definition) is 1. The van der Waals surface area contributed by atoms with E-state index in [-0.39, 0.29) is 29.2 Å². The molecule has 4 rings (SSSR count). The van der Waals surface area contributed by atoms with Gasteiger partial charge in [0, 0.05) is 23.1 Å².